The van der Waals surface area contributed by atoms with E-state index in [0.717, 1.165) is 32.7 Å². The van der Waals surface area contributed by atoms with Crippen LogP contribution in [0.2, 0.25) is 0 Å². The highest BCUT2D eigenvalue weighted by atomic mass is 127. The van der Waals surface area contributed by atoms with Crippen LogP contribution in [0.5, 0.6) is 0 Å². The number of carbonyl (C=O) groups excluding carboxylic acids is 1. The van der Waals surface area contributed by atoms with Gasteiger partial charge in [-0.15, -0.1) is 24.0 Å². The van der Waals surface area contributed by atoms with Gasteiger partial charge in [-0.2, -0.15) is 0 Å². The van der Waals surface area contributed by atoms with Gasteiger partial charge in [-0.05, 0) is 41.8 Å². The van der Waals surface area contributed by atoms with Gasteiger partial charge in [0.05, 0.1) is 0 Å². The van der Waals surface area contributed by atoms with Gasteiger partial charge in [-0.3, -0.25) is 9.69 Å². The van der Waals surface area contributed by atoms with E-state index in [1.807, 2.05) is 27.7 Å². The molecule has 0 aromatic rings. The second-order valence-electron chi connectivity index (χ2n) is 7.27. The van der Waals surface area contributed by atoms with Crippen molar-refractivity contribution in [2.75, 3.05) is 53.4 Å². The van der Waals surface area contributed by atoms with Crippen molar-refractivity contribution < 1.29 is 4.79 Å². The van der Waals surface area contributed by atoms with Crippen molar-refractivity contribution in [3.63, 3.8) is 0 Å². The molecule has 8 heteroatoms. The molecule has 1 atom stereocenters. The Balaban J connectivity index is 0.00000529. The van der Waals surface area contributed by atoms with Gasteiger partial charge in [0, 0.05) is 44.3 Å². The summed E-state index contributed by atoms with van der Waals surface area (Å²) in [5.41, 5.74) is -0.228. The van der Waals surface area contributed by atoms with E-state index in [1.165, 1.54) is 0 Å². The first-order valence-electron chi connectivity index (χ1n) is 8.43. The molecule has 24 heavy (non-hydrogen) atoms. The predicted octanol–water partition coefficient (Wildman–Crippen LogP) is 0.320. The van der Waals surface area contributed by atoms with E-state index in [4.69, 9.17) is 0 Å². The Hall–Kier alpha value is -0.610. The third-order valence-corrected chi connectivity index (χ3v) is 3.72. The molecule has 0 saturated carbocycles. The average Bonchev–Trinajstić information content (AvgIpc) is 2.43. The van der Waals surface area contributed by atoms with Gasteiger partial charge in [0.1, 0.15) is 6.54 Å². The first-order valence-corrected chi connectivity index (χ1v) is 8.43. The van der Waals surface area contributed by atoms with Crippen LogP contribution < -0.4 is 16.0 Å². The van der Waals surface area contributed by atoms with E-state index in [2.05, 4.69) is 44.8 Å². The number of piperazine rings is 1. The number of likely N-dealkylation sites (N-methyl/N-ethyl adjacent to an activating group) is 2. The second kappa shape index (κ2) is 11.1. The number of amides is 1. The molecule has 3 N–H and O–H groups in total. The summed E-state index contributed by atoms with van der Waals surface area (Å²) in [7, 11) is 4.30. The molecule has 0 radical (unpaired) electrons. The zero-order chi connectivity index (χ0) is 17.5. The smallest absolute Gasteiger partial charge is 0.242 e. The first kappa shape index (κ1) is 23.4. The van der Waals surface area contributed by atoms with E-state index in [0.29, 0.717) is 12.0 Å². The highest BCUT2D eigenvalue weighted by Gasteiger charge is 2.22. The Morgan fingerprint density at radius 2 is 1.88 bits per heavy atom. The van der Waals surface area contributed by atoms with Gasteiger partial charge in [0.2, 0.25) is 5.91 Å². The Labute approximate surface area is 164 Å². The quantitative estimate of drug-likeness (QED) is 0.317. The van der Waals surface area contributed by atoms with Crippen LogP contribution in [0.25, 0.3) is 0 Å². The molecule has 1 aliphatic rings. The fourth-order valence-corrected chi connectivity index (χ4v) is 2.49. The number of hydrogen-bond acceptors (Lipinski definition) is 4. The molecule has 0 aliphatic carbocycles. The molecular formula is C16H35IN6O. The van der Waals surface area contributed by atoms with Crippen molar-refractivity contribution >= 4 is 35.8 Å². The van der Waals surface area contributed by atoms with Crippen LogP contribution in [-0.2, 0) is 4.79 Å². The summed E-state index contributed by atoms with van der Waals surface area (Å²) in [6.45, 7) is 12.8. The van der Waals surface area contributed by atoms with Crippen LogP contribution in [0.15, 0.2) is 4.99 Å². The highest BCUT2D eigenvalue weighted by Crippen LogP contribution is 2.04. The van der Waals surface area contributed by atoms with Crippen LogP contribution in [0.1, 0.15) is 27.7 Å². The number of hydrogen-bond donors (Lipinski definition) is 3. The number of guanidine groups is 1. The lowest BCUT2D eigenvalue weighted by atomic mass is 10.1. The Morgan fingerprint density at radius 3 is 2.46 bits per heavy atom. The molecular weight excluding hydrogens is 419 g/mol. The van der Waals surface area contributed by atoms with E-state index >= 15 is 0 Å². The molecule has 1 aliphatic heterocycles. The number of rotatable bonds is 5. The van der Waals surface area contributed by atoms with Gasteiger partial charge in [-0.1, -0.05) is 0 Å². The summed E-state index contributed by atoms with van der Waals surface area (Å²) < 4.78 is 0. The summed E-state index contributed by atoms with van der Waals surface area (Å²) >= 11 is 0. The fourth-order valence-electron chi connectivity index (χ4n) is 2.49. The average molecular weight is 454 g/mol. The minimum atomic E-state index is -0.228. The lowest BCUT2D eigenvalue weighted by Gasteiger charge is -2.37. The van der Waals surface area contributed by atoms with E-state index < -0.39 is 0 Å². The van der Waals surface area contributed by atoms with Crippen molar-refractivity contribution in [2.24, 2.45) is 4.99 Å². The molecule has 1 rings (SSSR count). The molecule has 142 valence electrons. The number of halogens is 1. The first-order chi connectivity index (χ1) is 10.7. The van der Waals surface area contributed by atoms with Gasteiger partial charge < -0.3 is 20.9 Å². The van der Waals surface area contributed by atoms with Gasteiger partial charge in [0.15, 0.2) is 5.96 Å². The molecule has 1 amide bonds. The lowest BCUT2D eigenvalue weighted by molar-refractivity contribution is -0.121. The molecule has 1 saturated heterocycles. The normalized spacial score (nSPS) is 20.2. The summed E-state index contributed by atoms with van der Waals surface area (Å²) in [5, 5.41) is 9.46. The maximum absolute atomic E-state index is 11.9. The van der Waals surface area contributed by atoms with Crippen LogP contribution in [-0.4, -0.2) is 86.6 Å². The van der Waals surface area contributed by atoms with Crippen LogP contribution >= 0.6 is 24.0 Å². The maximum Gasteiger partial charge on any atom is 0.242 e. The van der Waals surface area contributed by atoms with Crippen molar-refractivity contribution in [3.8, 4) is 0 Å². The topological polar surface area (TPSA) is 72.0 Å². The summed E-state index contributed by atoms with van der Waals surface area (Å²) in [6.07, 6.45) is 0. The summed E-state index contributed by atoms with van der Waals surface area (Å²) in [5.74, 6) is 0.627. The fraction of sp³-hybridized carbons (Fsp3) is 0.875. The number of carbonyl (C=O) groups is 1. The molecule has 1 fully saturated rings. The third-order valence-electron chi connectivity index (χ3n) is 3.72. The van der Waals surface area contributed by atoms with E-state index in [9.17, 15) is 4.79 Å². The maximum atomic E-state index is 11.9. The van der Waals surface area contributed by atoms with Crippen LogP contribution in [0, 0.1) is 0 Å². The standard InChI is InChI=1S/C16H34N6O.HI/c1-7-17-15(19-11-14(23)20-16(2,3)4)18-10-13-12-21(5)8-9-22(13)6;/h13H,7-12H2,1-6H3,(H,20,23)(H2,17,18,19);1H. The highest BCUT2D eigenvalue weighted by molar-refractivity contribution is 14.0. The van der Waals surface area contributed by atoms with E-state index in [1.54, 1.807) is 0 Å². The second-order valence-corrected chi connectivity index (χ2v) is 7.27. The minimum absolute atomic E-state index is 0. The van der Waals surface area contributed by atoms with Crippen LogP contribution in [0.4, 0.5) is 0 Å². The minimum Gasteiger partial charge on any atom is -0.357 e. The molecule has 0 aromatic heterocycles. The van der Waals surface area contributed by atoms with Crippen molar-refractivity contribution in [2.45, 2.75) is 39.3 Å². The molecule has 0 spiro atoms. The molecule has 0 bridgehead atoms. The number of nitrogens with zero attached hydrogens (tertiary/aromatic N) is 3. The van der Waals surface area contributed by atoms with Crippen molar-refractivity contribution in [1.82, 2.24) is 25.8 Å². The Bertz CT molecular complexity index is 410. The van der Waals surface area contributed by atoms with Gasteiger partial charge >= 0.3 is 0 Å². The SMILES string of the molecule is CCNC(=NCC(=O)NC(C)(C)C)NCC1CN(C)CCN1C.I. The zero-order valence-corrected chi connectivity index (χ0v) is 18.3. The Kier molecular flexibility index (Phi) is 10.8. The molecule has 1 heterocycles. The molecule has 0 aromatic carbocycles. The lowest BCUT2D eigenvalue weighted by Crippen LogP contribution is -2.55. The van der Waals surface area contributed by atoms with E-state index in [-0.39, 0.29) is 42.0 Å². The monoisotopic (exact) mass is 454 g/mol. The predicted molar refractivity (Wildman–Crippen MR) is 111 cm³/mol. The zero-order valence-electron chi connectivity index (χ0n) is 16.0. The molecule has 1 unspecified atom stereocenters. The summed E-state index contributed by atoms with van der Waals surface area (Å²) in [4.78, 5) is 21.0. The van der Waals surface area contributed by atoms with Gasteiger partial charge in [-0.25, -0.2) is 4.99 Å². The van der Waals surface area contributed by atoms with Crippen molar-refractivity contribution in [1.29, 1.82) is 0 Å². The number of nitrogens with one attached hydrogen (secondary N) is 3. The summed E-state index contributed by atoms with van der Waals surface area (Å²) in [6, 6.07) is 0.445. The largest absolute Gasteiger partial charge is 0.357 e. The van der Waals surface area contributed by atoms with Crippen molar-refractivity contribution in [3.05, 3.63) is 0 Å². The van der Waals surface area contributed by atoms with Crippen LogP contribution in [0.3, 0.4) is 0 Å². The third kappa shape index (κ3) is 9.63. The van der Waals surface area contributed by atoms with Gasteiger partial charge in [0.25, 0.3) is 0 Å². The number of aliphatic imine (C=N–C) groups is 1. The molecule has 7 nitrogen and oxygen atoms in total. The Morgan fingerprint density at radius 1 is 1.21 bits per heavy atom.